The van der Waals surface area contributed by atoms with Gasteiger partial charge in [-0.3, -0.25) is 4.79 Å². The van der Waals surface area contributed by atoms with Gasteiger partial charge in [-0.15, -0.1) is 0 Å². The average Bonchev–Trinajstić information content (AvgIpc) is 2.94. The number of H-pyrrole nitrogens is 1. The van der Waals surface area contributed by atoms with Gasteiger partial charge >= 0.3 is 5.97 Å². The van der Waals surface area contributed by atoms with Crippen molar-refractivity contribution in [3.8, 4) is 11.5 Å². The fourth-order valence-electron chi connectivity index (χ4n) is 2.93. The lowest BCUT2D eigenvalue weighted by molar-refractivity contribution is 0.0519. The van der Waals surface area contributed by atoms with Gasteiger partial charge in [0.15, 0.2) is 17.3 Å². The van der Waals surface area contributed by atoms with Crippen molar-refractivity contribution in [3.63, 3.8) is 0 Å². The Morgan fingerprint density at radius 2 is 1.89 bits per heavy atom. The van der Waals surface area contributed by atoms with Gasteiger partial charge in [0.2, 0.25) is 0 Å². The number of ether oxygens (including phenoxy) is 3. The van der Waals surface area contributed by atoms with Gasteiger partial charge < -0.3 is 19.2 Å². The number of benzene rings is 1. The molecule has 0 aliphatic rings. The SMILES string of the molecule is CCOC(=O)c1[nH]c(C)c(C(=O)/C=C/c2cc(Br)c(OC)c(OCC)c2)c1C. The Morgan fingerprint density at radius 1 is 1.18 bits per heavy atom. The second-order valence-corrected chi connectivity index (χ2v) is 6.86. The van der Waals surface area contributed by atoms with E-state index in [0.717, 1.165) is 10.0 Å². The molecule has 28 heavy (non-hydrogen) atoms. The molecule has 1 heterocycles. The zero-order chi connectivity index (χ0) is 20.8. The second-order valence-electron chi connectivity index (χ2n) is 6.01. The largest absolute Gasteiger partial charge is 0.492 e. The Balaban J connectivity index is 2.33. The van der Waals surface area contributed by atoms with Crippen LogP contribution in [0.2, 0.25) is 0 Å². The molecule has 0 amide bonds. The lowest BCUT2D eigenvalue weighted by Crippen LogP contribution is -2.07. The highest BCUT2D eigenvalue weighted by Gasteiger charge is 2.21. The molecule has 7 heteroatoms. The Kier molecular flexibility index (Phi) is 7.45. The molecular weight excluding hydrogens is 426 g/mol. The number of methoxy groups -OCH3 is 1. The smallest absolute Gasteiger partial charge is 0.355 e. The summed E-state index contributed by atoms with van der Waals surface area (Å²) in [6, 6.07) is 3.64. The van der Waals surface area contributed by atoms with Gasteiger partial charge in [-0.1, -0.05) is 6.08 Å². The molecule has 2 rings (SSSR count). The van der Waals surface area contributed by atoms with Gasteiger partial charge in [0, 0.05) is 11.3 Å². The van der Waals surface area contributed by atoms with Gasteiger partial charge in [-0.05, 0) is 73.0 Å². The normalized spacial score (nSPS) is 10.9. The lowest BCUT2D eigenvalue weighted by atomic mass is 10.0. The summed E-state index contributed by atoms with van der Waals surface area (Å²) < 4.78 is 16.7. The molecule has 1 aromatic heterocycles. The summed E-state index contributed by atoms with van der Waals surface area (Å²) in [5.41, 5.74) is 2.76. The highest BCUT2D eigenvalue weighted by molar-refractivity contribution is 9.10. The van der Waals surface area contributed by atoms with Crippen molar-refractivity contribution in [1.82, 2.24) is 4.98 Å². The first-order valence-electron chi connectivity index (χ1n) is 8.92. The third-order valence-corrected chi connectivity index (χ3v) is 4.72. The zero-order valence-electron chi connectivity index (χ0n) is 16.6. The summed E-state index contributed by atoms with van der Waals surface area (Å²) in [5, 5.41) is 0. The lowest BCUT2D eigenvalue weighted by Gasteiger charge is -2.12. The molecule has 1 aromatic carbocycles. The Hall–Kier alpha value is -2.54. The van der Waals surface area contributed by atoms with Gasteiger partial charge in [0.1, 0.15) is 5.69 Å². The maximum absolute atomic E-state index is 12.7. The third-order valence-electron chi connectivity index (χ3n) is 4.13. The first-order chi connectivity index (χ1) is 13.3. The standard InChI is InChI=1S/C21H24BrNO5/c1-6-27-17-11-14(10-15(22)20(17)26-5)8-9-16(24)18-12(3)19(23-13(18)4)21(25)28-7-2/h8-11,23H,6-7H2,1-5H3/b9-8+. The molecular formula is C21H24BrNO5. The van der Waals surface area contributed by atoms with Crippen LogP contribution in [-0.4, -0.2) is 37.1 Å². The van der Waals surface area contributed by atoms with E-state index in [1.165, 1.54) is 6.08 Å². The first kappa shape index (κ1) is 21.8. The van der Waals surface area contributed by atoms with Crippen molar-refractivity contribution in [2.45, 2.75) is 27.7 Å². The van der Waals surface area contributed by atoms with Crippen LogP contribution in [-0.2, 0) is 4.74 Å². The minimum absolute atomic E-state index is 0.202. The fourth-order valence-corrected chi connectivity index (χ4v) is 3.55. The minimum Gasteiger partial charge on any atom is -0.492 e. The van der Waals surface area contributed by atoms with Crippen molar-refractivity contribution < 1.29 is 23.8 Å². The van der Waals surface area contributed by atoms with E-state index in [1.807, 2.05) is 13.0 Å². The number of halogens is 1. The quantitative estimate of drug-likeness (QED) is 0.353. The van der Waals surface area contributed by atoms with Crippen LogP contribution in [0.25, 0.3) is 6.08 Å². The number of allylic oxidation sites excluding steroid dienone is 1. The number of hydrogen-bond acceptors (Lipinski definition) is 5. The maximum Gasteiger partial charge on any atom is 0.355 e. The predicted molar refractivity (Wildman–Crippen MR) is 111 cm³/mol. The Labute approximate surface area is 173 Å². The van der Waals surface area contributed by atoms with Crippen LogP contribution in [0.4, 0.5) is 0 Å². The number of rotatable bonds is 8. The van der Waals surface area contributed by atoms with E-state index < -0.39 is 5.97 Å². The summed E-state index contributed by atoms with van der Waals surface area (Å²) in [7, 11) is 1.57. The summed E-state index contributed by atoms with van der Waals surface area (Å²) in [4.78, 5) is 27.7. The average molecular weight is 450 g/mol. The number of nitrogens with one attached hydrogen (secondary N) is 1. The first-order valence-corrected chi connectivity index (χ1v) is 9.72. The van der Waals surface area contributed by atoms with E-state index in [1.54, 1.807) is 40.0 Å². The van der Waals surface area contributed by atoms with Crippen molar-refractivity contribution >= 4 is 33.8 Å². The van der Waals surface area contributed by atoms with E-state index in [-0.39, 0.29) is 12.4 Å². The van der Waals surface area contributed by atoms with Crippen LogP contribution in [0, 0.1) is 13.8 Å². The Bertz CT molecular complexity index is 914. The van der Waals surface area contributed by atoms with Gasteiger partial charge in [0.05, 0.1) is 24.8 Å². The van der Waals surface area contributed by atoms with Crippen LogP contribution < -0.4 is 9.47 Å². The van der Waals surface area contributed by atoms with E-state index in [9.17, 15) is 9.59 Å². The number of esters is 1. The summed E-state index contributed by atoms with van der Waals surface area (Å²) in [6.45, 7) is 7.88. The summed E-state index contributed by atoms with van der Waals surface area (Å²) in [5.74, 6) is 0.519. The molecule has 1 N–H and O–H groups in total. The van der Waals surface area contributed by atoms with Crippen LogP contribution in [0.15, 0.2) is 22.7 Å². The summed E-state index contributed by atoms with van der Waals surface area (Å²) >= 11 is 3.46. The monoisotopic (exact) mass is 449 g/mol. The van der Waals surface area contributed by atoms with Crippen LogP contribution in [0.1, 0.15) is 51.5 Å². The highest BCUT2D eigenvalue weighted by atomic mass is 79.9. The van der Waals surface area contributed by atoms with E-state index in [2.05, 4.69) is 20.9 Å². The molecule has 150 valence electrons. The van der Waals surface area contributed by atoms with Crippen molar-refractivity contribution in [1.29, 1.82) is 0 Å². The third kappa shape index (κ3) is 4.65. The molecule has 0 fully saturated rings. The van der Waals surface area contributed by atoms with Crippen molar-refractivity contribution in [2.75, 3.05) is 20.3 Å². The van der Waals surface area contributed by atoms with E-state index in [0.29, 0.717) is 40.6 Å². The minimum atomic E-state index is -0.466. The number of aryl methyl sites for hydroxylation is 1. The highest BCUT2D eigenvalue weighted by Crippen LogP contribution is 2.37. The zero-order valence-corrected chi connectivity index (χ0v) is 18.2. The number of aromatic nitrogens is 1. The molecule has 0 spiro atoms. The van der Waals surface area contributed by atoms with Crippen LogP contribution in [0.3, 0.4) is 0 Å². The predicted octanol–water partition coefficient (Wildman–Crippen LogP) is 4.87. The topological polar surface area (TPSA) is 77.6 Å². The molecule has 0 saturated heterocycles. The molecule has 2 aromatic rings. The van der Waals surface area contributed by atoms with Crippen molar-refractivity contribution in [3.05, 3.63) is 50.8 Å². The molecule has 0 bridgehead atoms. The van der Waals surface area contributed by atoms with E-state index >= 15 is 0 Å². The molecule has 0 saturated carbocycles. The van der Waals surface area contributed by atoms with Gasteiger partial charge in [0.25, 0.3) is 0 Å². The number of hydrogen-bond donors (Lipinski definition) is 1. The second kappa shape index (κ2) is 9.59. The van der Waals surface area contributed by atoms with Gasteiger partial charge in [-0.2, -0.15) is 0 Å². The van der Waals surface area contributed by atoms with Crippen molar-refractivity contribution in [2.24, 2.45) is 0 Å². The molecule has 0 radical (unpaired) electrons. The number of ketones is 1. The van der Waals surface area contributed by atoms with Crippen LogP contribution >= 0.6 is 15.9 Å². The van der Waals surface area contributed by atoms with Crippen LogP contribution in [0.5, 0.6) is 11.5 Å². The Morgan fingerprint density at radius 3 is 2.50 bits per heavy atom. The summed E-state index contributed by atoms with van der Waals surface area (Å²) in [6.07, 6.45) is 3.17. The number of aromatic amines is 1. The number of carbonyl (C=O) groups excluding carboxylic acids is 2. The van der Waals surface area contributed by atoms with Gasteiger partial charge in [-0.25, -0.2) is 4.79 Å². The van der Waals surface area contributed by atoms with E-state index in [4.69, 9.17) is 14.2 Å². The number of carbonyl (C=O) groups is 2. The molecule has 0 atom stereocenters. The molecule has 0 aliphatic heterocycles. The molecule has 0 aliphatic carbocycles. The fraction of sp³-hybridized carbons (Fsp3) is 0.333. The molecule has 0 unspecified atom stereocenters. The molecule has 6 nitrogen and oxygen atoms in total. The maximum atomic E-state index is 12.7.